The number of ether oxygens (including phenoxy) is 2. The van der Waals surface area contributed by atoms with Crippen LogP contribution in [0.4, 0.5) is 5.95 Å². The predicted molar refractivity (Wildman–Crippen MR) is 130 cm³/mol. The van der Waals surface area contributed by atoms with E-state index >= 15 is 0 Å². The molecule has 1 aromatic carbocycles. The molecule has 0 fully saturated rings. The van der Waals surface area contributed by atoms with E-state index in [9.17, 15) is 9.90 Å². The predicted octanol–water partition coefficient (Wildman–Crippen LogP) is 2.76. The van der Waals surface area contributed by atoms with E-state index in [1.807, 2.05) is 35.2 Å². The highest BCUT2D eigenvalue weighted by atomic mass is 16.7. The van der Waals surface area contributed by atoms with E-state index in [0.29, 0.717) is 42.6 Å². The lowest BCUT2D eigenvalue weighted by molar-refractivity contribution is 0.0190. The Morgan fingerprint density at radius 3 is 2.66 bits per heavy atom. The first kappa shape index (κ1) is 23.0. The van der Waals surface area contributed by atoms with Gasteiger partial charge in [-0.25, -0.2) is 15.0 Å². The van der Waals surface area contributed by atoms with Crippen molar-refractivity contribution in [3.63, 3.8) is 0 Å². The fourth-order valence-electron chi connectivity index (χ4n) is 4.84. The fourth-order valence-corrected chi connectivity index (χ4v) is 4.84. The summed E-state index contributed by atoms with van der Waals surface area (Å²) in [5, 5.41) is 12.0. The second kappa shape index (κ2) is 9.14. The van der Waals surface area contributed by atoms with E-state index in [2.05, 4.69) is 23.8 Å². The van der Waals surface area contributed by atoms with Gasteiger partial charge in [-0.3, -0.25) is 9.36 Å². The van der Waals surface area contributed by atoms with Crippen LogP contribution in [0.15, 0.2) is 71.8 Å². The SMILES string of the molecule is CC1(C)CN(CC(O)(CC2=COCO2)Cc2ccccc2)c2nc(-c3ccncn3)cc(=O)n2C1. The molecule has 0 amide bonds. The Kier molecular flexibility index (Phi) is 6.02. The van der Waals surface area contributed by atoms with Gasteiger partial charge in [-0.15, -0.1) is 0 Å². The molecule has 0 saturated carbocycles. The number of aromatic nitrogens is 4. The molecule has 2 aliphatic rings. The molecule has 0 radical (unpaired) electrons. The van der Waals surface area contributed by atoms with Crippen molar-refractivity contribution < 1.29 is 14.6 Å². The van der Waals surface area contributed by atoms with Crippen molar-refractivity contribution in [1.82, 2.24) is 19.5 Å². The van der Waals surface area contributed by atoms with Gasteiger partial charge in [-0.2, -0.15) is 0 Å². The summed E-state index contributed by atoms with van der Waals surface area (Å²) in [4.78, 5) is 28.2. The largest absolute Gasteiger partial charge is 0.462 e. The summed E-state index contributed by atoms with van der Waals surface area (Å²) < 4.78 is 12.5. The van der Waals surface area contributed by atoms with Gasteiger partial charge < -0.3 is 19.5 Å². The van der Waals surface area contributed by atoms with Crippen molar-refractivity contribution in [1.29, 1.82) is 0 Å². The van der Waals surface area contributed by atoms with Crippen molar-refractivity contribution in [2.45, 2.75) is 38.8 Å². The number of rotatable bonds is 7. The van der Waals surface area contributed by atoms with E-state index in [1.54, 1.807) is 23.1 Å². The molecule has 182 valence electrons. The molecule has 35 heavy (non-hydrogen) atoms. The maximum Gasteiger partial charge on any atom is 0.255 e. The molecule has 9 nitrogen and oxygen atoms in total. The molecule has 1 unspecified atom stereocenters. The zero-order chi connectivity index (χ0) is 24.5. The monoisotopic (exact) mass is 475 g/mol. The standard InChI is InChI=1S/C26H29N5O4/c1-25(2)14-30(24-29-22(10-23(32)31(24)15-25)21-8-9-27-17-28-21)16-26(33,12-20-13-34-18-35-20)11-19-6-4-3-5-7-19/h3-10,13,17,33H,11-12,14-16,18H2,1-2H3. The normalized spacial score (nSPS) is 18.1. The first-order chi connectivity index (χ1) is 16.8. The zero-order valence-electron chi connectivity index (χ0n) is 19.9. The molecule has 0 saturated heterocycles. The molecular formula is C26H29N5O4. The van der Waals surface area contributed by atoms with Gasteiger partial charge in [0.05, 0.1) is 23.5 Å². The highest BCUT2D eigenvalue weighted by Gasteiger charge is 2.39. The van der Waals surface area contributed by atoms with Crippen LogP contribution < -0.4 is 10.5 Å². The van der Waals surface area contributed by atoms with Crippen LogP contribution in [-0.2, 0) is 22.4 Å². The molecule has 5 rings (SSSR count). The van der Waals surface area contributed by atoms with Crippen LogP contribution in [0.5, 0.6) is 0 Å². The first-order valence-electron chi connectivity index (χ1n) is 11.6. The molecule has 0 bridgehead atoms. The van der Waals surface area contributed by atoms with Crippen molar-refractivity contribution in [3.8, 4) is 11.4 Å². The number of aliphatic hydroxyl groups is 1. The van der Waals surface area contributed by atoms with Crippen LogP contribution in [0.2, 0.25) is 0 Å². The Labute approximate surface area is 203 Å². The van der Waals surface area contributed by atoms with E-state index < -0.39 is 5.60 Å². The number of fused-ring (bicyclic) bond motifs is 1. The van der Waals surface area contributed by atoms with Gasteiger partial charge in [0, 0.05) is 43.6 Å². The van der Waals surface area contributed by atoms with Crippen LogP contribution in [0.3, 0.4) is 0 Å². The fraction of sp³-hybridized carbons (Fsp3) is 0.385. The van der Waals surface area contributed by atoms with Crippen molar-refractivity contribution >= 4 is 5.95 Å². The summed E-state index contributed by atoms with van der Waals surface area (Å²) in [6, 6.07) is 13.1. The third-order valence-corrected chi connectivity index (χ3v) is 6.21. The third kappa shape index (κ3) is 5.19. The molecule has 0 aliphatic carbocycles. The van der Waals surface area contributed by atoms with Gasteiger partial charge in [-0.05, 0) is 11.6 Å². The van der Waals surface area contributed by atoms with E-state index in [0.717, 1.165) is 5.56 Å². The second-order valence-electron chi connectivity index (χ2n) is 10.1. The molecule has 3 aromatic rings. The first-order valence-corrected chi connectivity index (χ1v) is 11.6. The number of nitrogens with zero attached hydrogens (tertiary/aromatic N) is 5. The highest BCUT2D eigenvalue weighted by molar-refractivity contribution is 5.55. The molecule has 9 heteroatoms. The molecule has 2 aromatic heterocycles. The average molecular weight is 476 g/mol. The van der Waals surface area contributed by atoms with Crippen molar-refractivity contribution in [3.05, 3.63) is 82.9 Å². The zero-order valence-corrected chi connectivity index (χ0v) is 19.9. The smallest absolute Gasteiger partial charge is 0.255 e. The molecule has 4 heterocycles. The lowest BCUT2D eigenvalue weighted by atomic mass is 9.87. The van der Waals surface area contributed by atoms with Crippen LogP contribution in [0.25, 0.3) is 11.4 Å². The summed E-state index contributed by atoms with van der Waals surface area (Å²) in [5.41, 5.74) is 0.521. The highest BCUT2D eigenvalue weighted by Crippen LogP contribution is 2.33. The Balaban J connectivity index is 1.54. The lowest BCUT2D eigenvalue weighted by Crippen LogP contribution is -2.53. The van der Waals surface area contributed by atoms with Crippen LogP contribution in [0.1, 0.15) is 25.8 Å². The third-order valence-electron chi connectivity index (χ3n) is 6.21. The van der Waals surface area contributed by atoms with Gasteiger partial charge in [0.2, 0.25) is 12.7 Å². The van der Waals surface area contributed by atoms with E-state index in [1.165, 1.54) is 12.4 Å². The quantitative estimate of drug-likeness (QED) is 0.557. The average Bonchev–Trinajstić information content (AvgIpc) is 3.33. The number of benzene rings is 1. The van der Waals surface area contributed by atoms with Crippen molar-refractivity contribution in [2.75, 3.05) is 24.8 Å². The molecule has 0 spiro atoms. The van der Waals surface area contributed by atoms with Crippen LogP contribution >= 0.6 is 0 Å². The number of anilines is 1. The van der Waals surface area contributed by atoms with E-state index in [-0.39, 0.29) is 30.7 Å². The summed E-state index contributed by atoms with van der Waals surface area (Å²) >= 11 is 0. The minimum absolute atomic E-state index is 0.148. The minimum atomic E-state index is -1.19. The maximum atomic E-state index is 13.2. The molecule has 1 atom stereocenters. The van der Waals surface area contributed by atoms with E-state index in [4.69, 9.17) is 14.5 Å². The van der Waals surface area contributed by atoms with Crippen LogP contribution in [0, 0.1) is 5.41 Å². The van der Waals surface area contributed by atoms with Crippen molar-refractivity contribution in [2.24, 2.45) is 5.41 Å². The summed E-state index contributed by atoms with van der Waals surface area (Å²) in [6.45, 7) is 5.79. The van der Waals surface area contributed by atoms with Gasteiger partial charge in [0.1, 0.15) is 18.3 Å². The maximum absolute atomic E-state index is 13.2. The van der Waals surface area contributed by atoms with Gasteiger partial charge in [-0.1, -0.05) is 44.2 Å². The summed E-state index contributed by atoms with van der Waals surface area (Å²) in [5.74, 6) is 1.12. The Hall–Kier alpha value is -3.72. The summed E-state index contributed by atoms with van der Waals surface area (Å²) in [6.07, 6.45) is 5.29. The Morgan fingerprint density at radius 1 is 1.11 bits per heavy atom. The number of β-amino-alcohol motifs (C(OH)–C–C–N with tert-alkyl or cyclic N) is 1. The van der Waals surface area contributed by atoms with Crippen LogP contribution in [-0.4, -0.2) is 50.1 Å². The summed E-state index contributed by atoms with van der Waals surface area (Å²) in [7, 11) is 0. The lowest BCUT2D eigenvalue weighted by Gasteiger charge is -2.43. The Bertz CT molecular complexity index is 1280. The Morgan fingerprint density at radius 2 is 1.94 bits per heavy atom. The molecule has 2 aliphatic heterocycles. The topological polar surface area (TPSA) is 103 Å². The number of hydrogen-bond donors (Lipinski definition) is 1. The van der Waals surface area contributed by atoms with Gasteiger partial charge >= 0.3 is 0 Å². The number of hydrogen-bond acceptors (Lipinski definition) is 8. The minimum Gasteiger partial charge on any atom is -0.462 e. The molecular weight excluding hydrogens is 446 g/mol. The molecule has 1 N–H and O–H groups in total. The second-order valence-corrected chi connectivity index (χ2v) is 10.1. The van der Waals surface area contributed by atoms with Gasteiger partial charge in [0.25, 0.3) is 5.56 Å². The van der Waals surface area contributed by atoms with Gasteiger partial charge in [0.15, 0.2) is 0 Å².